The van der Waals surface area contributed by atoms with Crippen molar-refractivity contribution in [2.45, 2.75) is 13.8 Å². The number of benzene rings is 1. The topological polar surface area (TPSA) is 98.2 Å². The van der Waals surface area contributed by atoms with Crippen molar-refractivity contribution in [2.75, 3.05) is 5.32 Å². The Bertz CT molecular complexity index is 646. The highest BCUT2D eigenvalue weighted by Gasteiger charge is 2.17. The molecule has 98 valence electrons. The Hall–Kier alpha value is -2.63. The Kier molecular flexibility index (Phi) is 3.33. The van der Waals surface area contributed by atoms with E-state index in [1.807, 2.05) is 0 Å². The van der Waals surface area contributed by atoms with E-state index in [1.165, 1.54) is 6.92 Å². The van der Waals surface area contributed by atoms with Crippen LogP contribution >= 0.6 is 0 Å². The monoisotopic (exact) mass is 259 g/mol. The lowest BCUT2D eigenvalue weighted by Gasteiger charge is -2.06. The normalized spacial score (nSPS) is 10.2. The van der Waals surface area contributed by atoms with Crippen LogP contribution in [0.2, 0.25) is 0 Å². The molecule has 3 N–H and O–H groups in total. The number of carbonyl (C=O) groups excluding carboxylic acids is 2. The van der Waals surface area contributed by atoms with Gasteiger partial charge in [0.2, 0.25) is 11.8 Å². The standard InChI is InChI=1S/C13H13N3O3/c1-7-11(12(14)18)16-13(19-7)9-5-3-4-6-10(9)15-8(2)17/h3-6H,1-2H3,(H2,14,18)(H,15,17). The second-order valence-corrected chi connectivity index (χ2v) is 4.01. The molecule has 0 aliphatic heterocycles. The maximum Gasteiger partial charge on any atom is 0.270 e. The van der Waals surface area contributed by atoms with Crippen molar-refractivity contribution in [1.82, 2.24) is 4.98 Å². The molecule has 0 aliphatic rings. The van der Waals surface area contributed by atoms with E-state index < -0.39 is 5.91 Å². The quantitative estimate of drug-likeness (QED) is 0.876. The third-order valence-electron chi connectivity index (χ3n) is 2.50. The Morgan fingerprint density at radius 1 is 1.32 bits per heavy atom. The minimum absolute atomic E-state index is 0.0904. The van der Waals surface area contributed by atoms with Crippen molar-refractivity contribution >= 4 is 17.5 Å². The number of aryl methyl sites for hydroxylation is 1. The van der Waals surface area contributed by atoms with Gasteiger partial charge in [-0.1, -0.05) is 12.1 Å². The van der Waals surface area contributed by atoms with Crippen molar-refractivity contribution in [3.05, 3.63) is 35.7 Å². The van der Waals surface area contributed by atoms with Crippen LogP contribution in [0.15, 0.2) is 28.7 Å². The number of oxazole rings is 1. The van der Waals surface area contributed by atoms with E-state index in [0.29, 0.717) is 17.0 Å². The summed E-state index contributed by atoms with van der Waals surface area (Å²) in [5, 5.41) is 2.67. The van der Waals surface area contributed by atoms with Gasteiger partial charge in [0, 0.05) is 6.92 Å². The first-order chi connectivity index (χ1) is 8.99. The smallest absolute Gasteiger partial charge is 0.270 e. The predicted molar refractivity (Wildman–Crippen MR) is 69.5 cm³/mol. The molecule has 0 unspecified atom stereocenters. The lowest BCUT2D eigenvalue weighted by Crippen LogP contribution is -2.12. The number of nitrogens with zero attached hydrogens (tertiary/aromatic N) is 1. The summed E-state index contributed by atoms with van der Waals surface area (Å²) < 4.78 is 5.42. The Morgan fingerprint density at radius 2 is 2.00 bits per heavy atom. The first kappa shape index (κ1) is 12.8. The first-order valence-corrected chi connectivity index (χ1v) is 5.63. The average Bonchev–Trinajstić information content (AvgIpc) is 2.71. The van der Waals surface area contributed by atoms with Crippen LogP contribution in [-0.4, -0.2) is 16.8 Å². The zero-order chi connectivity index (χ0) is 14.0. The molecule has 2 amide bonds. The number of nitrogens with two attached hydrogens (primary N) is 1. The number of carbonyl (C=O) groups is 2. The predicted octanol–water partition coefficient (Wildman–Crippen LogP) is 1.71. The molecule has 1 heterocycles. The molecule has 0 spiro atoms. The van der Waals surface area contributed by atoms with Gasteiger partial charge < -0.3 is 15.5 Å². The van der Waals surface area contributed by atoms with Gasteiger partial charge in [0.15, 0.2) is 5.69 Å². The second-order valence-electron chi connectivity index (χ2n) is 4.01. The Balaban J connectivity index is 2.50. The molecule has 19 heavy (non-hydrogen) atoms. The molecule has 6 heteroatoms. The summed E-state index contributed by atoms with van der Waals surface area (Å²) in [5.74, 6) is -0.258. The summed E-state index contributed by atoms with van der Waals surface area (Å²) in [7, 11) is 0. The fraction of sp³-hybridized carbons (Fsp3) is 0.154. The van der Waals surface area contributed by atoms with Gasteiger partial charge in [-0.2, -0.15) is 0 Å². The lowest BCUT2D eigenvalue weighted by molar-refractivity contribution is -0.114. The van der Waals surface area contributed by atoms with Gasteiger partial charge in [-0.05, 0) is 19.1 Å². The van der Waals surface area contributed by atoms with Crippen LogP contribution in [0.1, 0.15) is 23.2 Å². The van der Waals surface area contributed by atoms with Gasteiger partial charge >= 0.3 is 0 Å². The van der Waals surface area contributed by atoms with E-state index in [4.69, 9.17) is 10.2 Å². The van der Waals surface area contributed by atoms with E-state index in [1.54, 1.807) is 31.2 Å². The number of nitrogens with one attached hydrogen (secondary N) is 1. The molecule has 0 saturated heterocycles. The highest BCUT2D eigenvalue weighted by Crippen LogP contribution is 2.28. The summed E-state index contributed by atoms with van der Waals surface area (Å²) in [6.07, 6.45) is 0. The number of anilines is 1. The van der Waals surface area contributed by atoms with Crippen LogP contribution in [-0.2, 0) is 4.79 Å². The van der Waals surface area contributed by atoms with Crippen LogP contribution in [0.5, 0.6) is 0 Å². The Labute approximate surface area is 109 Å². The number of hydrogen-bond acceptors (Lipinski definition) is 4. The summed E-state index contributed by atoms with van der Waals surface area (Å²) in [5.41, 5.74) is 6.44. The third kappa shape index (κ3) is 2.62. The van der Waals surface area contributed by atoms with E-state index in [-0.39, 0.29) is 17.5 Å². The SMILES string of the molecule is CC(=O)Nc1ccccc1-c1nc(C(N)=O)c(C)o1. The minimum atomic E-state index is -0.649. The van der Waals surface area contributed by atoms with Gasteiger partial charge in [0.25, 0.3) is 5.91 Å². The summed E-state index contributed by atoms with van der Waals surface area (Å²) in [6.45, 7) is 3.02. The Morgan fingerprint density at radius 3 is 2.58 bits per heavy atom. The van der Waals surface area contributed by atoms with Crippen molar-refractivity contribution in [3.8, 4) is 11.5 Å². The summed E-state index contributed by atoms with van der Waals surface area (Å²) in [4.78, 5) is 26.4. The summed E-state index contributed by atoms with van der Waals surface area (Å²) >= 11 is 0. The van der Waals surface area contributed by atoms with Crippen molar-refractivity contribution in [1.29, 1.82) is 0 Å². The molecule has 0 atom stereocenters. The van der Waals surface area contributed by atoms with Gasteiger partial charge in [-0.3, -0.25) is 9.59 Å². The van der Waals surface area contributed by atoms with Crippen LogP contribution in [0.3, 0.4) is 0 Å². The number of amides is 2. The fourth-order valence-corrected chi connectivity index (χ4v) is 1.71. The fourth-order valence-electron chi connectivity index (χ4n) is 1.71. The molecule has 6 nitrogen and oxygen atoms in total. The van der Waals surface area contributed by atoms with E-state index in [0.717, 1.165) is 0 Å². The molecule has 0 bridgehead atoms. The van der Waals surface area contributed by atoms with Crippen LogP contribution in [0, 0.1) is 6.92 Å². The number of primary amides is 1. The number of hydrogen-bond donors (Lipinski definition) is 2. The highest BCUT2D eigenvalue weighted by atomic mass is 16.4. The van der Waals surface area contributed by atoms with Gasteiger partial charge in [0.1, 0.15) is 5.76 Å². The molecule has 2 rings (SSSR count). The third-order valence-corrected chi connectivity index (χ3v) is 2.50. The summed E-state index contributed by atoms with van der Waals surface area (Å²) in [6, 6.07) is 7.02. The maximum atomic E-state index is 11.2. The van der Waals surface area contributed by atoms with Crippen molar-refractivity contribution in [2.24, 2.45) is 5.73 Å². The number of rotatable bonds is 3. The van der Waals surface area contributed by atoms with Crippen LogP contribution in [0.25, 0.3) is 11.5 Å². The molecule has 1 aromatic heterocycles. The zero-order valence-electron chi connectivity index (χ0n) is 10.6. The molecule has 0 saturated carbocycles. The van der Waals surface area contributed by atoms with E-state index in [2.05, 4.69) is 10.3 Å². The van der Waals surface area contributed by atoms with Crippen molar-refractivity contribution in [3.63, 3.8) is 0 Å². The lowest BCUT2D eigenvalue weighted by atomic mass is 10.1. The molecule has 0 aliphatic carbocycles. The molecular formula is C13H13N3O3. The van der Waals surface area contributed by atoms with Crippen LogP contribution in [0.4, 0.5) is 5.69 Å². The minimum Gasteiger partial charge on any atom is -0.441 e. The number of aromatic nitrogens is 1. The zero-order valence-corrected chi connectivity index (χ0v) is 10.6. The molecule has 0 radical (unpaired) electrons. The van der Waals surface area contributed by atoms with Gasteiger partial charge in [0.05, 0.1) is 11.3 Å². The largest absolute Gasteiger partial charge is 0.441 e. The van der Waals surface area contributed by atoms with E-state index in [9.17, 15) is 9.59 Å². The second kappa shape index (κ2) is 4.93. The highest BCUT2D eigenvalue weighted by molar-refractivity contribution is 5.94. The average molecular weight is 259 g/mol. The van der Waals surface area contributed by atoms with Gasteiger partial charge in [-0.15, -0.1) is 0 Å². The van der Waals surface area contributed by atoms with Gasteiger partial charge in [-0.25, -0.2) is 4.98 Å². The first-order valence-electron chi connectivity index (χ1n) is 5.63. The maximum absolute atomic E-state index is 11.2. The molecular weight excluding hydrogens is 246 g/mol. The van der Waals surface area contributed by atoms with E-state index >= 15 is 0 Å². The molecule has 2 aromatic rings. The molecule has 0 fully saturated rings. The van der Waals surface area contributed by atoms with Crippen LogP contribution < -0.4 is 11.1 Å². The molecule has 1 aromatic carbocycles. The number of para-hydroxylation sites is 1. The van der Waals surface area contributed by atoms with Crippen molar-refractivity contribution < 1.29 is 14.0 Å².